The lowest BCUT2D eigenvalue weighted by Crippen LogP contribution is -2.50. The number of hydrogen-bond donors (Lipinski definition) is 2. The second-order valence-corrected chi connectivity index (χ2v) is 9.96. The average molecular weight is 533 g/mol. The first kappa shape index (κ1) is 24.2. The Morgan fingerprint density at radius 3 is 2.67 bits per heavy atom. The highest BCUT2D eigenvalue weighted by molar-refractivity contribution is 5.99. The van der Waals surface area contributed by atoms with Gasteiger partial charge in [0.25, 0.3) is 0 Å². The average Bonchev–Trinajstić information content (AvgIpc) is 3.47. The molecule has 0 amide bonds. The molecule has 0 radical (unpaired) electrons. The summed E-state index contributed by atoms with van der Waals surface area (Å²) in [6, 6.07) is 18.0. The van der Waals surface area contributed by atoms with Crippen molar-refractivity contribution in [3.63, 3.8) is 0 Å². The van der Waals surface area contributed by atoms with Gasteiger partial charge >= 0.3 is 0 Å². The maximum atomic E-state index is 6.00. The predicted octanol–water partition coefficient (Wildman–Crippen LogP) is 4.28. The van der Waals surface area contributed by atoms with E-state index in [9.17, 15) is 0 Å². The topological polar surface area (TPSA) is 131 Å². The molecule has 40 heavy (non-hydrogen) atoms. The van der Waals surface area contributed by atoms with Crippen molar-refractivity contribution in [3.8, 4) is 23.0 Å². The third kappa shape index (κ3) is 4.71. The van der Waals surface area contributed by atoms with E-state index in [0.29, 0.717) is 34.9 Å². The molecule has 4 aromatic heterocycles. The molecular weight excluding hydrogens is 504 g/mol. The van der Waals surface area contributed by atoms with E-state index >= 15 is 0 Å². The number of fused-ring (bicyclic) bond motifs is 2. The van der Waals surface area contributed by atoms with E-state index in [1.54, 1.807) is 30.7 Å². The minimum atomic E-state index is 0.181. The van der Waals surface area contributed by atoms with E-state index in [0.717, 1.165) is 41.9 Å². The number of benzene rings is 1. The summed E-state index contributed by atoms with van der Waals surface area (Å²) in [6.07, 6.45) is 7.49. The molecular formula is C29H28N10O. The van der Waals surface area contributed by atoms with Gasteiger partial charge in [-0.1, -0.05) is 24.3 Å². The van der Waals surface area contributed by atoms with Crippen LogP contribution in [0.15, 0.2) is 73.2 Å². The van der Waals surface area contributed by atoms with Crippen LogP contribution in [0, 0.1) is 0 Å². The number of nitrogens with one attached hydrogen (secondary N) is 1. The van der Waals surface area contributed by atoms with Crippen LogP contribution in [0.25, 0.3) is 22.0 Å². The molecule has 0 bridgehead atoms. The number of aromatic nitrogens is 6. The Labute approximate surface area is 231 Å². The zero-order valence-electron chi connectivity index (χ0n) is 21.8. The fourth-order valence-corrected chi connectivity index (χ4v) is 5.54. The number of nitrogens with zero attached hydrogens (tertiary/aromatic N) is 8. The van der Waals surface area contributed by atoms with Gasteiger partial charge in [-0.05, 0) is 43.7 Å². The van der Waals surface area contributed by atoms with E-state index in [-0.39, 0.29) is 5.95 Å². The molecule has 11 nitrogen and oxygen atoms in total. The molecule has 0 spiro atoms. The van der Waals surface area contributed by atoms with Gasteiger partial charge in [-0.3, -0.25) is 4.90 Å². The highest BCUT2D eigenvalue weighted by Gasteiger charge is 2.32. The molecule has 5 aromatic rings. The summed E-state index contributed by atoms with van der Waals surface area (Å²) >= 11 is 0. The van der Waals surface area contributed by atoms with Crippen LogP contribution in [-0.4, -0.2) is 67.3 Å². The first-order chi connectivity index (χ1) is 19.7. The van der Waals surface area contributed by atoms with Crippen LogP contribution in [-0.2, 0) is 0 Å². The van der Waals surface area contributed by atoms with Gasteiger partial charge < -0.3 is 20.7 Å². The van der Waals surface area contributed by atoms with Crippen molar-refractivity contribution in [2.45, 2.75) is 18.9 Å². The zero-order chi connectivity index (χ0) is 26.9. The first-order valence-electron chi connectivity index (χ1n) is 13.4. The number of nitrogens with two attached hydrogens (primary N) is 1. The smallest absolute Gasteiger partial charge is 0.230 e. The van der Waals surface area contributed by atoms with Gasteiger partial charge in [-0.15, -0.1) is 10.2 Å². The van der Waals surface area contributed by atoms with Crippen molar-refractivity contribution in [1.29, 1.82) is 0 Å². The molecule has 0 aliphatic carbocycles. The van der Waals surface area contributed by atoms with Gasteiger partial charge in [0.2, 0.25) is 17.7 Å². The van der Waals surface area contributed by atoms with E-state index in [4.69, 9.17) is 10.5 Å². The molecule has 2 aliphatic rings. The molecule has 3 N–H and O–H groups in total. The third-order valence-electron chi connectivity index (χ3n) is 7.48. The molecule has 0 unspecified atom stereocenters. The lowest BCUT2D eigenvalue weighted by Gasteiger charge is -2.38. The number of hydrogen-bond acceptors (Lipinski definition) is 11. The second-order valence-electron chi connectivity index (χ2n) is 9.96. The van der Waals surface area contributed by atoms with Gasteiger partial charge in [0, 0.05) is 54.9 Å². The predicted molar refractivity (Wildman–Crippen MR) is 154 cm³/mol. The van der Waals surface area contributed by atoms with Crippen molar-refractivity contribution >= 4 is 34.0 Å². The summed E-state index contributed by atoms with van der Waals surface area (Å²) in [5, 5.41) is 14.8. The van der Waals surface area contributed by atoms with Gasteiger partial charge in [-0.25, -0.2) is 19.9 Å². The number of nitrogen functional groups attached to an aromatic ring is 1. The summed E-state index contributed by atoms with van der Waals surface area (Å²) in [5.41, 5.74) is 7.84. The molecule has 1 atom stereocenters. The Kier molecular flexibility index (Phi) is 6.25. The van der Waals surface area contributed by atoms with Crippen molar-refractivity contribution in [1.82, 2.24) is 35.0 Å². The Hall–Kier alpha value is -4.90. The second kappa shape index (κ2) is 10.3. The summed E-state index contributed by atoms with van der Waals surface area (Å²) in [6.45, 7) is 4.26. The van der Waals surface area contributed by atoms with Crippen LogP contribution < -0.4 is 20.7 Å². The number of piperazine rings is 1. The molecule has 1 aromatic carbocycles. The van der Waals surface area contributed by atoms with Gasteiger partial charge in [0.05, 0.1) is 23.1 Å². The Morgan fingerprint density at radius 2 is 1.80 bits per heavy atom. The van der Waals surface area contributed by atoms with Gasteiger partial charge in [0.15, 0.2) is 11.6 Å². The van der Waals surface area contributed by atoms with E-state index in [1.165, 1.54) is 19.4 Å². The highest BCUT2D eigenvalue weighted by atomic mass is 16.5. The summed E-state index contributed by atoms with van der Waals surface area (Å²) in [7, 11) is 0. The third-order valence-corrected chi connectivity index (χ3v) is 7.48. The standard InChI is InChI=1S/C29H28N10O/c30-29-32-13-11-24(35-29)23-8-3-12-31-28(23)40-25-10-9-19(17-33-25)34-26-21-6-1-2-7-22(21)27(37-36-26)39-16-15-38-14-4-5-20(38)18-39/h1-3,6-13,17,20H,4-5,14-16,18H2,(H,34,36)(H2,30,32,35)/t20-/m0/s1. The minimum Gasteiger partial charge on any atom is -0.420 e. The zero-order valence-corrected chi connectivity index (χ0v) is 21.8. The minimum absolute atomic E-state index is 0.181. The van der Waals surface area contributed by atoms with Crippen LogP contribution in [0.5, 0.6) is 11.8 Å². The molecule has 7 rings (SSSR count). The SMILES string of the molecule is Nc1nccc(-c2cccnc2Oc2ccc(Nc3nnc(N4CCN5CCC[C@H]5C4)c4ccccc34)cn2)n1. The van der Waals surface area contributed by atoms with Crippen LogP contribution >= 0.6 is 0 Å². The van der Waals surface area contributed by atoms with E-state index < -0.39 is 0 Å². The van der Waals surface area contributed by atoms with Crippen LogP contribution in [0.4, 0.5) is 23.3 Å². The molecule has 2 fully saturated rings. The molecule has 2 aliphatic heterocycles. The molecule has 0 saturated carbocycles. The lowest BCUT2D eigenvalue weighted by molar-refractivity contribution is 0.230. The summed E-state index contributed by atoms with van der Waals surface area (Å²) in [4.78, 5) is 22.1. The van der Waals surface area contributed by atoms with Crippen molar-refractivity contribution in [2.75, 3.05) is 42.1 Å². The fourth-order valence-electron chi connectivity index (χ4n) is 5.54. The number of rotatable bonds is 6. The highest BCUT2D eigenvalue weighted by Crippen LogP contribution is 2.33. The Bertz CT molecular complexity index is 1660. The lowest BCUT2D eigenvalue weighted by atomic mass is 10.1. The summed E-state index contributed by atoms with van der Waals surface area (Å²) in [5.74, 6) is 2.58. The van der Waals surface area contributed by atoms with E-state index in [1.807, 2.05) is 24.3 Å². The number of pyridine rings is 2. The first-order valence-corrected chi connectivity index (χ1v) is 13.4. The normalized spacial score (nSPS) is 17.1. The molecule has 200 valence electrons. The summed E-state index contributed by atoms with van der Waals surface area (Å²) < 4.78 is 6.00. The molecule has 11 heteroatoms. The quantitative estimate of drug-likeness (QED) is 0.325. The maximum absolute atomic E-state index is 6.00. The van der Waals surface area contributed by atoms with E-state index in [2.05, 4.69) is 63.4 Å². The van der Waals surface area contributed by atoms with Crippen molar-refractivity contribution in [3.05, 3.63) is 73.2 Å². The largest absolute Gasteiger partial charge is 0.420 e. The maximum Gasteiger partial charge on any atom is 0.230 e. The monoisotopic (exact) mass is 532 g/mol. The number of anilines is 4. The van der Waals surface area contributed by atoms with Gasteiger partial charge in [0.1, 0.15) is 0 Å². The van der Waals surface area contributed by atoms with Crippen LogP contribution in [0.3, 0.4) is 0 Å². The van der Waals surface area contributed by atoms with Crippen LogP contribution in [0.2, 0.25) is 0 Å². The van der Waals surface area contributed by atoms with Crippen molar-refractivity contribution in [2.24, 2.45) is 0 Å². The molecule has 2 saturated heterocycles. The fraction of sp³-hybridized carbons (Fsp3) is 0.241. The molecule has 6 heterocycles. The number of ether oxygens (including phenoxy) is 1. The van der Waals surface area contributed by atoms with Crippen molar-refractivity contribution < 1.29 is 4.74 Å². The van der Waals surface area contributed by atoms with Gasteiger partial charge in [-0.2, -0.15) is 0 Å². The Morgan fingerprint density at radius 1 is 0.875 bits per heavy atom. The Balaban J connectivity index is 1.11. The van der Waals surface area contributed by atoms with Crippen LogP contribution in [0.1, 0.15) is 12.8 Å².